The van der Waals surface area contributed by atoms with Gasteiger partial charge in [-0.2, -0.15) is 23.4 Å². The first-order valence-electron chi connectivity index (χ1n) is 6.37. The van der Waals surface area contributed by atoms with Crippen molar-refractivity contribution in [3.05, 3.63) is 33.8 Å². The summed E-state index contributed by atoms with van der Waals surface area (Å²) in [6.07, 6.45) is -2.53. The first-order valence-corrected chi connectivity index (χ1v) is 7.17. The normalized spacial score (nSPS) is 11.7. The molecule has 6 nitrogen and oxygen atoms in total. The summed E-state index contributed by atoms with van der Waals surface area (Å²) in [5.41, 5.74) is -0.181. The zero-order valence-electron chi connectivity index (χ0n) is 11.5. The number of aromatic nitrogens is 4. The van der Waals surface area contributed by atoms with Gasteiger partial charge in [-0.15, -0.1) is 0 Å². The van der Waals surface area contributed by atoms with Crippen molar-refractivity contribution < 1.29 is 18.0 Å². The first kappa shape index (κ1) is 16.5. The highest BCUT2D eigenvalue weighted by Gasteiger charge is 2.34. The van der Waals surface area contributed by atoms with Crippen molar-refractivity contribution in [3.8, 4) is 0 Å². The molecule has 1 amide bonds. The minimum Gasteiger partial charge on any atom is -0.351 e. The second-order valence-electron chi connectivity index (χ2n) is 4.59. The van der Waals surface area contributed by atoms with E-state index in [1.54, 1.807) is 6.92 Å². The number of carbonyl (C=O) groups is 1. The molecule has 0 aliphatic carbocycles. The summed E-state index contributed by atoms with van der Waals surface area (Å²) in [4.78, 5) is 11.8. The van der Waals surface area contributed by atoms with Gasteiger partial charge in [-0.05, 0) is 35.3 Å². The second kappa shape index (κ2) is 6.51. The van der Waals surface area contributed by atoms with E-state index in [2.05, 4.69) is 36.5 Å². The highest BCUT2D eigenvalue weighted by Crippen LogP contribution is 2.28. The van der Waals surface area contributed by atoms with Gasteiger partial charge in [0.15, 0.2) is 5.69 Å². The number of alkyl halides is 3. The first-order chi connectivity index (χ1) is 10.3. The van der Waals surface area contributed by atoms with Crippen LogP contribution in [0.15, 0.2) is 16.7 Å². The Morgan fingerprint density at radius 2 is 2.23 bits per heavy atom. The number of hydrogen-bond donors (Lipinski definition) is 2. The van der Waals surface area contributed by atoms with E-state index in [9.17, 15) is 18.0 Å². The highest BCUT2D eigenvalue weighted by atomic mass is 79.9. The van der Waals surface area contributed by atoms with Crippen LogP contribution in [-0.2, 0) is 12.7 Å². The summed E-state index contributed by atoms with van der Waals surface area (Å²) in [5, 5.41) is 12.4. The number of aromatic amines is 1. The number of hydrogen-bond acceptors (Lipinski definition) is 3. The summed E-state index contributed by atoms with van der Waals surface area (Å²) in [7, 11) is 0. The molecule has 0 bridgehead atoms. The van der Waals surface area contributed by atoms with Crippen LogP contribution in [0.25, 0.3) is 0 Å². The third-order valence-electron chi connectivity index (χ3n) is 2.92. The Morgan fingerprint density at radius 1 is 1.50 bits per heavy atom. The molecule has 2 rings (SSSR count). The highest BCUT2D eigenvalue weighted by molar-refractivity contribution is 9.10. The number of aryl methyl sites for hydroxylation is 2. The van der Waals surface area contributed by atoms with E-state index in [0.29, 0.717) is 28.8 Å². The van der Waals surface area contributed by atoms with E-state index < -0.39 is 11.9 Å². The van der Waals surface area contributed by atoms with E-state index in [4.69, 9.17) is 0 Å². The van der Waals surface area contributed by atoms with Crippen LogP contribution in [0.5, 0.6) is 0 Å². The number of nitrogens with zero attached hydrogens (tertiary/aromatic N) is 3. The zero-order chi connectivity index (χ0) is 16.3. The SMILES string of the molecule is Cc1cc(C(F)(F)F)nn1CCCNC(=O)c1[nH]ncc1Br. The molecule has 22 heavy (non-hydrogen) atoms. The number of nitrogens with one attached hydrogen (secondary N) is 2. The average Bonchev–Trinajstić information content (AvgIpc) is 3.00. The van der Waals surface area contributed by atoms with Crippen molar-refractivity contribution in [2.75, 3.05) is 6.54 Å². The standard InChI is InChI=1S/C12H13BrF3N5O/c1-7-5-9(12(14,15)16)20-21(7)4-2-3-17-11(22)10-8(13)6-18-19-10/h5-6H,2-4H2,1H3,(H,17,22)(H,18,19). The van der Waals surface area contributed by atoms with E-state index in [0.717, 1.165) is 6.07 Å². The van der Waals surface area contributed by atoms with Crippen molar-refractivity contribution in [1.82, 2.24) is 25.3 Å². The van der Waals surface area contributed by atoms with Gasteiger partial charge in [0.05, 0.1) is 10.7 Å². The second-order valence-corrected chi connectivity index (χ2v) is 5.45. The van der Waals surface area contributed by atoms with E-state index in [1.165, 1.54) is 10.9 Å². The monoisotopic (exact) mass is 379 g/mol. The topological polar surface area (TPSA) is 75.6 Å². The van der Waals surface area contributed by atoms with Crippen LogP contribution in [0.2, 0.25) is 0 Å². The lowest BCUT2D eigenvalue weighted by molar-refractivity contribution is -0.141. The van der Waals surface area contributed by atoms with Crippen molar-refractivity contribution >= 4 is 21.8 Å². The van der Waals surface area contributed by atoms with Crippen LogP contribution in [0.1, 0.15) is 28.3 Å². The lowest BCUT2D eigenvalue weighted by atomic mass is 10.3. The van der Waals surface area contributed by atoms with Gasteiger partial charge in [-0.25, -0.2) is 0 Å². The number of halogens is 4. The van der Waals surface area contributed by atoms with Gasteiger partial charge in [0.1, 0.15) is 5.69 Å². The molecule has 2 heterocycles. The van der Waals surface area contributed by atoms with Crippen LogP contribution in [-0.4, -0.2) is 32.4 Å². The fourth-order valence-electron chi connectivity index (χ4n) is 1.82. The maximum atomic E-state index is 12.5. The lowest BCUT2D eigenvalue weighted by Gasteiger charge is -2.06. The average molecular weight is 380 g/mol. The minimum atomic E-state index is -4.45. The van der Waals surface area contributed by atoms with Gasteiger partial charge in [0.2, 0.25) is 0 Å². The van der Waals surface area contributed by atoms with Gasteiger partial charge < -0.3 is 5.32 Å². The number of H-pyrrole nitrogens is 1. The van der Waals surface area contributed by atoms with Crippen LogP contribution < -0.4 is 5.32 Å². The Morgan fingerprint density at radius 3 is 2.77 bits per heavy atom. The predicted octanol–water partition coefficient (Wildman–Crippen LogP) is 2.52. The molecule has 0 atom stereocenters. The molecule has 0 spiro atoms. The maximum Gasteiger partial charge on any atom is 0.435 e. The number of rotatable bonds is 5. The molecule has 0 radical (unpaired) electrons. The fourth-order valence-corrected chi connectivity index (χ4v) is 2.20. The zero-order valence-corrected chi connectivity index (χ0v) is 13.1. The van der Waals surface area contributed by atoms with E-state index in [-0.39, 0.29) is 12.5 Å². The van der Waals surface area contributed by atoms with Crippen LogP contribution in [0.3, 0.4) is 0 Å². The number of carbonyl (C=O) groups excluding carboxylic acids is 1. The molecule has 10 heteroatoms. The molecule has 0 aromatic carbocycles. The van der Waals surface area contributed by atoms with Crippen LogP contribution >= 0.6 is 15.9 Å². The van der Waals surface area contributed by atoms with Crippen LogP contribution in [0.4, 0.5) is 13.2 Å². The summed E-state index contributed by atoms with van der Waals surface area (Å²) < 4.78 is 39.4. The molecular weight excluding hydrogens is 367 g/mol. The van der Waals surface area contributed by atoms with Gasteiger partial charge in [-0.3, -0.25) is 14.6 Å². The Hall–Kier alpha value is -1.84. The lowest BCUT2D eigenvalue weighted by Crippen LogP contribution is -2.26. The van der Waals surface area contributed by atoms with Gasteiger partial charge in [0.25, 0.3) is 5.91 Å². The molecule has 2 aromatic rings. The smallest absolute Gasteiger partial charge is 0.351 e. The van der Waals surface area contributed by atoms with Gasteiger partial charge >= 0.3 is 6.18 Å². The fraction of sp³-hybridized carbons (Fsp3) is 0.417. The Balaban J connectivity index is 1.83. The number of amides is 1. The van der Waals surface area contributed by atoms with Gasteiger partial charge in [-0.1, -0.05) is 0 Å². The molecule has 2 aromatic heterocycles. The summed E-state index contributed by atoms with van der Waals surface area (Å²) in [6.45, 7) is 2.15. The van der Waals surface area contributed by atoms with E-state index >= 15 is 0 Å². The molecule has 0 saturated carbocycles. The maximum absolute atomic E-state index is 12.5. The van der Waals surface area contributed by atoms with Gasteiger partial charge in [0, 0.05) is 18.8 Å². The molecule has 0 aliphatic heterocycles. The molecule has 2 N–H and O–H groups in total. The molecule has 0 aliphatic rings. The van der Waals surface area contributed by atoms with E-state index in [1.807, 2.05) is 0 Å². The third kappa shape index (κ3) is 3.87. The molecule has 0 fully saturated rings. The van der Waals surface area contributed by atoms with Crippen molar-refractivity contribution in [2.24, 2.45) is 0 Å². The molecule has 0 saturated heterocycles. The van der Waals surface area contributed by atoms with Crippen molar-refractivity contribution in [3.63, 3.8) is 0 Å². The largest absolute Gasteiger partial charge is 0.435 e. The Bertz CT molecular complexity index is 664. The summed E-state index contributed by atoms with van der Waals surface area (Å²) in [6, 6.07) is 1.00. The van der Waals surface area contributed by atoms with Crippen molar-refractivity contribution in [2.45, 2.75) is 26.1 Å². The Labute approximate surface area is 132 Å². The molecule has 120 valence electrons. The minimum absolute atomic E-state index is 0.284. The predicted molar refractivity (Wildman–Crippen MR) is 75.2 cm³/mol. The summed E-state index contributed by atoms with van der Waals surface area (Å²) >= 11 is 3.17. The van der Waals surface area contributed by atoms with Crippen molar-refractivity contribution in [1.29, 1.82) is 0 Å². The Kier molecular flexibility index (Phi) is 4.89. The quantitative estimate of drug-likeness (QED) is 0.783. The summed E-state index contributed by atoms with van der Waals surface area (Å²) in [5.74, 6) is -0.336. The van der Waals surface area contributed by atoms with Crippen LogP contribution in [0, 0.1) is 6.92 Å². The third-order valence-corrected chi connectivity index (χ3v) is 3.53. The molecular formula is C12H13BrF3N5O. The molecule has 0 unspecified atom stereocenters.